The molecule has 3 N–H and O–H groups in total. The average Bonchev–Trinajstić information content (AvgIpc) is 2.73. The highest BCUT2D eigenvalue weighted by Gasteiger charge is 2.47. The maximum atomic E-state index is 12.3. The van der Waals surface area contributed by atoms with Gasteiger partial charge in [0.1, 0.15) is 0 Å². The van der Waals surface area contributed by atoms with Crippen LogP contribution in [0.3, 0.4) is 0 Å². The summed E-state index contributed by atoms with van der Waals surface area (Å²) >= 11 is 6.96. The van der Waals surface area contributed by atoms with Gasteiger partial charge in [0.15, 0.2) is 0 Å². The first-order valence-electron chi connectivity index (χ1n) is 6.68. The molecule has 0 aromatic carbocycles. The summed E-state index contributed by atoms with van der Waals surface area (Å²) in [6.07, 6.45) is 9.79. The highest BCUT2D eigenvalue weighted by atomic mass is 32.2. The predicted octanol–water partition coefficient (Wildman–Crippen LogP) is 2.23. The summed E-state index contributed by atoms with van der Waals surface area (Å²) in [5.41, 5.74) is 5.21. The van der Waals surface area contributed by atoms with Crippen LogP contribution in [0.15, 0.2) is 0 Å². The summed E-state index contributed by atoms with van der Waals surface area (Å²) in [6.45, 7) is 0.761. The van der Waals surface area contributed by atoms with E-state index in [2.05, 4.69) is 11.6 Å². The van der Waals surface area contributed by atoms with Crippen LogP contribution < -0.4 is 11.1 Å². The quantitative estimate of drug-likeness (QED) is 0.761. The number of carbonyl (C=O) groups is 1. The fourth-order valence-electron chi connectivity index (χ4n) is 3.00. The summed E-state index contributed by atoms with van der Waals surface area (Å²) in [4.78, 5) is 12.7. The first kappa shape index (κ1) is 14.1. The van der Waals surface area contributed by atoms with E-state index in [0.717, 1.165) is 25.8 Å². The zero-order chi connectivity index (χ0) is 13.2. The summed E-state index contributed by atoms with van der Waals surface area (Å²) in [5.74, 6) is 0.0570. The van der Waals surface area contributed by atoms with Crippen molar-refractivity contribution in [2.45, 2.75) is 49.7 Å². The van der Waals surface area contributed by atoms with E-state index in [0.29, 0.717) is 4.99 Å². The molecule has 0 spiro atoms. The highest BCUT2D eigenvalue weighted by Crippen LogP contribution is 2.43. The fraction of sp³-hybridized carbons (Fsp3) is 0.846. The van der Waals surface area contributed by atoms with Crippen LogP contribution in [0.4, 0.5) is 0 Å². The van der Waals surface area contributed by atoms with Crippen molar-refractivity contribution in [3.63, 3.8) is 0 Å². The number of thioether (sulfide) groups is 1. The van der Waals surface area contributed by atoms with Crippen molar-refractivity contribution < 1.29 is 4.79 Å². The smallest absolute Gasteiger partial charge is 0.233 e. The molecule has 0 radical (unpaired) electrons. The molecular formula is C13H22N2OS2. The van der Waals surface area contributed by atoms with E-state index < -0.39 is 5.41 Å². The first-order valence-corrected chi connectivity index (χ1v) is 8.31. The number of nitrogens with two attached hydrogens (primary N) is 1. The average molecular weight is 286 g/mol. The van der Waals surface area contributed by atoms with Crippen molar-refractivity contribution in [2.75, 3.05) is 12.8 Å². The molecule has 0 aromatic rings. The van der Waals surface area contributed by atoms with Crippen molar-refractivity contribution in [1.82, 2.24) is 5.32 Å². The monoisotopic (exact) mass is 286 g/mol. The molecule has 2 aliphatic rings. The van der Waals surface area contributed by atoms with Crippen LogP contribution in [-0.2, 0) is 4.79 Å². The second kappa shape index (κ2) is 5.37. The number of thiocarbonyl (C=S) groups is 1. The number of carbonyl (C=O) groups excluding carboxylic acids is 1. The lowest BCUT2D eigenvalue weighted by atomic mass is 9.68. The lowest BCUT2D eigenvalue weighted by Crippen LogP contribution is -2.55. The van der Waals surface area contributed by atoms with Crippen molar-refractivity contribution in [3.8, 4) is 0 Å². The maximum Gasteiger partial charge on any atom is 0.233 e. The molecule has 0 aliphatic heterocycles. The minimum absolute atomic E-state index is 0.0570. The second-order valence-corrected chi connectivity index (χ2v) is 7.29. The first-order chi connectivity index (χ1) is 8.55. The number of hydrogen-bond donors (Lipinski definition) is 2. The Morgan fingerprint density at radius 3 is 2.28 bits per heavy atom. The molecule has 0 atom stereocenters. The Bertz CT molecular complexity index is 347. The van der Waals surface area contributed by atoms with E-state index in [1.54, 1.807) is 0 Å². The Labute approximate surface area is 119 Å². The van der Waals surface area contributed by atoms with Gasteiger partial charge in [0.25, 0.3) is 0 Å². The van der Waals surface area contributed by atoms with Gasteiger partial charge in [-0.25, -0.2) is 0 Å². The van der Waals surface area contributed by atoms with Crippen molar-refractivity contribution in [1.29, 1.82) is 0 Å². The fourth-order valence-corrected chi connectivity index (χ4v) is 4.21. The van der Waals surface area contributed by atoms with E-state index >= 15 is 0 Å². The van der Waals surface area contributed by atoms with E-state index in [1.807, 2.05) is 11.8 Å². The number of amides is 1. The highest BCUT2D eigenvalue weighted by molar-refractivity contribution is 8.00. The van der Waals surface area contributed by atoms with E-state index in [4.69, 9.17) is 18.0 Å². The van der Waals surface area contributed by atoms with Gasteiger partial charge in [-0.3, -0.25) is 4.79 Å². The van der Waals surface area contributed by atoms with E-state index in [9.17, 15) is 4.79 Å². The molecule has 2 aliphatic carbocycles. The van der Waals surface area contributed by atoms with Gasteiger partial charge < -0.3 is 11.1 Å². The van der Waals surface area contributed by atoms with Gasteiger partial charge in [-0.15, -0.1) is 0 Å². The maximum absolute atomic E-state index is 12.3. The number of hydrogen-bond acceptors (Lipinski definition) is 3. The lowest BCUT2D eigenvalue weighted by molar-refractivity contribution is -0.130. The molecule has 0 saturated heterocycles. The topological polar surface area (TPSA) is 55.1 Å². The van der Waals surface area contributed by atoms with Crippen LogP contribution in [0.2, 0.25) is 0 Å². The van der Waals surface area contributed by atoms with Crippen LogP contribution in [0.1, 0.15) is 44.9 Å². The SMILES string of the molecule is CSC1(CNC(=O)C2(C(N)=S)CCC2)CCCC1. The lowest BCUT2D eigenvalue weighted by Gasteiger charge is -2.40. The van der Waals surface area contributed by atoms with Crippen LogP contribution >= 0.6 is 24.0 Å². The second-order valence-electron chi connectivity index (χ2n) is 5.58. The summed E-state index contributed by atoms with van der Waals surface area (Å²) in [7, 11) is 0. The molecule has 102 valence electrons. The predicted molar refractivity (Wildman–Crippen MR) is 80.8 cm³/mol. The molecule has 0 unspecified atom stereocenters. The molecule has 0 aromatic heterocycles. The third kappa shape index (κ3) is 2.39. The van der Waals surface area contributed by atoms with Gasteiger partial charge in [0.05, 0.1) is 10.4 Å². The summed E-state index contributed by atoms with van der Waals surface area (Å²) in [6, 6.07) is 0. The largest absolute Gasteiger partial charge is 0.392 e. The summed E-state index contributed by atoms with van der Waals surface area (Å²) in [5, 5.41) is 3.11. The van der Waals surface area contributed by atoms with E-state index in [1.165, 1.54) is 25.7 Å². The van der Waals surface area contributed by atoms with Gasteiger partial charge in [0.2, 0.25) is 5.91 Å². The standard InChI is InChI=1S/C13H22N2OS2/c1-18-12(5-2-3-6-12)9-15-11(16)13(10(14)17)7-4-8-13/h2-9H2,1H3,(H2,14,17)(H,15,16). The Morgan fingerprint density at radius 2 is 1.89 bits per heavy atom. The molecular weight excluding hydrogens is 264 g/mol. The van der Waals surface area contributed by atoms with Crippen LogP contribution in [-0.4, -0.2) is 28.4 Å². The van der Waals surface area contributed by atoms with Gasteiger partial charge in [0, 0.05) is 11.3 Å². The molecule has 3 nitrogen and oxygen atoms in total. The number of nitrogens with one attached hydrogen (secondary N) is 1. The zero-order valence-corrected chi connectivity index (χ0v) is 12.6. The molecule has 2 fully saturated rings. The van der Waals surface area contributed by atoms with Gasteiger partial charge >= 0.3 is 0 Å². The van der Waals surface area contributed by atoms with Gasteiger partial charge in [-0.1, -0.05) is 31.5 Å². The zero-order valence-electron chi connectivity index (χ0n) is 11.0. The summed E-state index contributed by atoms with van der Waals surface area (Å²) < 4.78 is 0.247. The Hall–Kier alpha value is -0.290. The van der Waals surface area contributed by atoms with Gasteiger partial charge in [-0.05, 0) is 31.9 Å². The minimum Gasteiger partial charge on any atom is -0.392 e. The Morgan fingerprint density at radius 1 is 1.28 bits per heavy atom. The van der Waals surface area contributed by atoms with E-state index in [-0.39, 0.29) is 10.7 Å². The van der Waals surface area contributed by atoms with Crippen LogP contribution in [0, 0.1) is 5.41 Å². The van der Waals surface area contributed by atoms with Crippen LogP contribution in [0.25, 0.3) is 0 Å². The molecule has 0 bridgehead atoms. The molecule has 2 saturated carbocycles. The normalized spacial score (nSPS) is 24.3. The Kier molecular flexibility index (Phi) is 4.22. The third-order valence-electron chi connectivity index (χ3n) is 4.63. The van der Waals surface area contributed by atoms with Crippen molar-refractivity contribution in [2.24, 2.45) is 11.1 Å². The molecule has 1 amide bonds. The molecule has 18 heavy (non-hydrogen) atoms. The molecule has 0 heterocycles. The van der Waals surface area contributed by atoms with Gasteiger partial charge in [-0.2, -0.15) is 11.8 Å². The minimum atomic E-state index is -0.534. The Balaban J connectivity index is 1.93. The molecule has 2 rings (SSSR count). The molecule has 5 heteroatoms. The van der Waals surface area contributed by atoms with Crippen molar-refractivity contribution >= 4 is 34.9 Å². The van der Waals surface area contributed by atoms with Crippen molar-refractivity contribution in [3.05, 3.63) is 0 Å². The number of rotatable bonds is 5. The third-order valence-corrected chi connectivity index (χ3v) is 6.44. The van der Waals surface area contributed by atoms with Crippen LogP contribution in [0.5, 0.6) is 0 Å².